The molecule has 4 rings (SSSR count). The number of carbonyl (C=O) groups is 2. The van der Waals surface area contributed by atoms with Crippen molar-refractivity contribution in [3.8, 4) is 6.07 Å². The molecule has 2 amide bonds. The summed E-state index contributed by atoms with van der Waals surface area (Å²) in [6.07, 6.45) is -0.755. The maximum atomic E-state index is 13.8. The molecule has 0 aromatic heterocycles. The molecule has 7 heteroatoms. The Morgan fingerprint density at radius 1 is 1.21 bits per heavy atom. The molecule has 0 unspecified atom stereocenters. The van der Waals surface area contributed by atoms with Gasteiger partial charge in [-0.3, -0.25) is 4.79 Å². The maximum Gasteiger partial charge on any atom is 0.416 e. The summed E-state index contributed by atoms with van der Waals surface area (Å²) < 4.78 is 5.25. The van der Waals surface area contributed by atoms with Crippen molar-refractivity contribution in [2.24, 2.45) is 5.73 Å². The average Bonchev–Trinajstić information content (AvgIpc) is 3.13. The van der Waals surface area contributed by atoms with Gasteiger partial charge in [0.15, 0.2) is 5.54 Å². The quantitative estimate of drug-likeness (QED) is 0.853. The van der Waals surface area contributed by atoms with E-state index in [9.17, 15) is 14.9 Å². The first-order chi connectivity index (χ1) is 14.0. The number of amides is 2. The van der Waals surface area contributed by atoms with Crippen molar-refractivity contribution in [3.63, 3.8) is 0 Å². The Labute approximate surface area is 168 Å². The van der Waals surface area contributed by atoms with E-state index < -0.39 is 17.6 Å². The molecule has 0 saturated carbocycles. The lowest BCUT2D eigenvalue weighted by molar-refractivity contribution is -0.128. The van der Waals surface area contributed by atoms with Crippen LogP contribution >= 0.6 is 0 Å². The van der Waals surface area contributed by atoms with Crippen LogP contribution in [0.15, 0.2) is 66.0 Å². The number of hydrogen-bond donors (Lipinski definition) is 1. The van der Waals surface area contributed by atoms with E-state index in [1.165, 1.54) is 4.90 Å². The molecule has 2 aromatic carbocycles. The third-order valence-electron chi connectivity index (χ3n) is 5.59. The van der Waals surface area contributed by atoms with Gasteiger partial charge in [0, 0.05) is 18.3 Å². The Hall–Kier alpha value is -3.79. The first-order valence-corrected chi connectivity index (χ1v) is 9.29. The molecule has 0 radical (unpaired) electrons. The highest BCUT2D eigenvalue weighted by molar-refractivity contribution is 6.11. The van der Waals surface area contributed by atoms with Crippen LogP contribution in [0.2, 0.25) is 0 Å². The van der Waals surface area contributed by atoms with Gasteiger partial charge in [0.1, 0.15) is 5.82 Å². The summed E-state index contributed by atoms with van der Waals surface area (Å²) in [5.74, 6) is -1.15. The third-order valence-corrected chi connectivity index (χ3v) is 5.59. The molecule has 1 spiro atoms. The molecular weight excluding hydrogens is 368 g/mol. The van der Waals surface area contributed by atoms with Gasteiger partial charge in [-0.15, -0.1) is 0 Å². The van der Waals surface area contributed by atoms with Crippen molar-refractivity contribution in [1.82, 2.24) is 4.90 Å². The van der Waals surface area contributed by atoms with Crippen LogP contribution in [0, 0.1) is 11.3 Å². The van der Waals surface area contributed by atoms with Crippen LogP contribution in [0.25, 0.3) is 0 Å². The summed E-state index contributed by atoms with van der Waals surface area (Å²) >= 11 is 0. The lowest BCUT2D eigenvalue weighted by Crippen LogP contribution is -2.55. The molecule has 0 fully saturated rings. The van der Waals surface area contributed by atoms with E-state index in [1.807, 2.05) is 42.5 Å². The third kappa shape index (κ3) is 2.29. The van der Waals surface area contributed by atoms with Gasteiger partial charge in [0.25, 0.3) is 5.91 Å². The van der Waals surface area contributed by atoms with Gasteiger partial charge in [-0.2, -0.15) is 5.26 Å². The smallest absolute Gasteiger partial charge is 0.416 e. The molecule has 146 valence electrons. The largest absolute Gasteiger partial charge is 0.449 e. The predicted octanol–water partition coefficient (Wildman–Crippen LogP) is 2.81. The molecule has 0 saturated heterocycles. The number of ether oxygens (including phenoxy) is 1. The van der Waals surface area contributed by atoms with Crippen LogP contribution in [0.4, 0.5) is 10.5 Å². The van der Waals surface area contributed by atoms with Gasteiger partial charge in [-0.05, 0) is 18.6 Å². The molecule has 0 aliphatic carbocycles. The molecule has 29 heavy (non-hydrogen) atoms. The minimum Gasteiger partial charge on any atom is -0.449 e. The van der Waals surface area contributed by atoms with E-state index in [-0.39, 0.29) is 23.9 Å². The van der Waals surface area contributed by atoms with Crippen molar-refractivity contribution in [2.45, 2.75) is 18.4 Å². The number of rotatable bonds is 2. The second-order valence-corrected chi connectivity index (χ2v) is 6.94. The number of para-hydroxylation sites is 1. The summed E-state index contributed by atoms with van der Waals surface area (Å²) in [5, 5.41) is 9.95. The van der Waals surface area contributed by atoms with Crippen LogP contribution in [0.1, 0.15) is 24.0 Å². The standard InChI is InChI=1S/C22H20N4O3/c1-3-29-21(28)26-19(24)15(13-23)18(14-9-5-4-6-10-14)22(26)16-11-7-8-12-17(16)25(2)20(22)27/h4-12,18H,3,24H2,1-2H3/t18-,22+/m1/s1. The normalized spacial score (nSPS) is 22.8. The number of benzene rings is 2. The number of nitriles is 1. The Balaban J connectivity index is 2.09. The summed E-state index contributed by atoms with van der Waals surface area (Å²) in [4.78, 5) is 29.5. The van der Waals surface area contributed by atoms with E-state index in [0.29, 0.717) is 11.3 Å². The van der Waals surface area contributed by atoms with Crippen LogP contribution in [-0.4, -0.2) is 30.6 Å². The summed E-state index contributed by atoms with van der Waals surface area (Å²) in [5.41, 5.74) is 6.97. The molecular formula is C22H20N4O3. The van der Waals surface area contributed by atoms with Crippen LogP contribution < -0.4 is 10.6 Å². The number of hydrogen-bond acceptors (Lipinski definition) is 5. The Morgan fingerprint density at radius 3 is 2.52 bits per heavy atom. The molecule has 2 aliphatic heterocycles. The zero-order valence-corrected chi connectivity index (χ0v) is 16.1. The van der Waals surface area contributed by atoms with E-state index in [1.54, 1.807) is 26.1 Å². The Morgan fingerprint density at radius 2 is 1.86 bits per heavy atom. The van der Waals surface area contributed by atoms with Crippen molar-refractivity contribution in [1.29, 1.82) is 5.26 Å². The highest BCUT2D eigenvalue weighted by atomic mass is 16.6. The predicted molar refractivity (Wildman–Crippen MR) is 106 cm³/mol. The SMILES string of the molecule is CCOC(=O)N1C(N)=C(C#N)[C@@H](c2ccccc2)[C@@]12C(=O)N(C)c1ccccc12. The van der Waals surface area contributed by atoms with Gasteiger partial charge in [0.2, 0.25) is 0 Å². The fourth-order valence-electron chi connectivity index (χ4n) is 4.47. The first-order valence-electron chi connectivity index (χ1n) is 9.29. The summed E-state index contributed by atoms with van der Waals surface area (Å²) in [6, 6.07) is 18.6. The number of anilines is 1. The molecule has 2 heterocycles. The van der Waals surface area contributed by atoms with Gasteiger partial charge >= 0.3 is 6.09 Å². The fourth-order valence-corrected chi connectivity index (χ4v) is 4.47. The van der Waals surface area contributed by atoms with Crippen molar-refractivity contribution in [3.05, 3.63) is 77.1 Å². The second kappa shape index (κ2) is 6.67. The summed E-state index contributed by atoms with van der Waals surface area (Å²) in [6.45, 7) is 1.79. The number of nitrogens with zero attached hydrogens (tertiary/aromatic N) is 3. The van der Waals surface area contributed by atoms with Gasteiger partial charge < -0.3 is 15.4 Å². The van der Waals surface area contributed by atoms with Crippen LogP contribution in [-0.2, 0) is 15.1 Å². The topological polar surface area (TPSA) is 99.7 Å². The minimum absolute atomic E-state index is 0.0572. The first kappa shape index (κ1) is 18.6. The lowest BCUT2D eigenvalue weighted by atomic mass is 9.73. The highest BCUT2D eigenvalue weighted by Crippen LogP contribution is 2.58. The molecule has 0 bridgehead atoms. The molecule has 2 atom stereocenters. The molecule has 2 aliphatic rings. The Bertz CT molecular complexity index is 1070. The molecule has 7 nitrogen and oxygen atoms in total. The summed E-state index contributed by atoms with van der Waals surface area (Å²) in [7, 11) is 1.65. The van der Waals surface area contributed by atoms with Gasteiger partial charge in [0.05, 0.1) is 24.2 Å². The lowest BCUT2D eigenvalue weighted by Gasteiger charge is -2.38. The van der Waals surface area contributed by atoms with E-state index >= 15 is 0 Å². The fraction of sp³-hybridized carbons (Fsp3) is 0.227. The number of fused-ring (bicyclic) bond motifs is 2. The van der Waals surface area contributed by atoms with E-state index in [4.69, 9.17) is 10.5 Å². The van der Waals surface area contributed by atoms with Gasteiger partial charge in [-0.1, -0.05) is 48.5 Å². The van der Waals surface area contributed by atoms with E-state index in [0.717, 1.165) is 10.5 Å². The zero-order valence-electron chi connectivity index (χ0n) is 16.1. The van der Waals surface area contributed by atoms with Crippen molar-refractivity contribution >= 4 is 17.7 Å². The van der Waals surface area contributed by atoms with Crippen molar-refractivity contribution < 1.29 is 14.3 Å². The monoisotopic (exact) mass is 388 g/mol. The number of likely N-dealkylation sites (N-methyl/N-ethyl adjacent to an activating group) is 1. The number of carbonyl (C=O) groups excluding carboxylic acids is 2. The molecule has 2 aromatic rings. The molecule has 2 N–H and O–H groups in total. The van der Waals surface area contributed by atoms with Crippen LogP contribution in [0.3, 0.4) is 0 Å². The average molecular weight is 388 g/mol. The van der Waals surface area contributed by atoms with Crippen molar-refractivity contribution in [2.75, 3.05) is 18.6 Å². The van der Waals surface area contributed by atoms with Gasteiger partial charge in [-0.25, -0.2) is 9.69 Å². The Kier molecular flexibility index (Phi) is 4.27. The highest BCUT2D eigenvalue weighted by Gasteiger charge is 2.66. The number of nitrogens with two attached hydrogens (primary N) is 1. The minimum atomic E-state index is -1.52. The zero-order chi connectivity index (χ0) is 20.8. The van der Waals surface area contributed by atoms with E-state index in [2.05, 4.69) is 6.07 Å². The second-order valence-electron chi connectivity index (χ2n) is 6.94. The maximum absolute atomic E-state index is 13.8. The van der Waals surface area contributed by atoms with Crippen LogP contribution in [0.5, 0.6) is 0 Å².